The second-order valence-electron chi connectivity index (χ2n) is 4.54. The smallest absolute Gasteiger partial charge is 0.315 e. The van der Waals surface area contributed by atoms with Crippen LogP contribution in [-0.2, 0) is 4.79 Å². The number of hydrogen-bond acceptors (Lipinski definition) is 2. The van der Waals surface area contributed by atoms with Gasteiger partial charge in [-0.15, -0.1) is 0 Å². The molecule has 0 bridgehead atoms. The number of aliphatic carboxylic acids is 1. The number of carbonyl (C=O) groups is 2. The van der Waals surface area contributed by atoms with Gasteiger partial charge in [-0.1, -0.05) is 19.8 Å². The Balaban J connectivity index is 2.11. The summed E-state index contributed by atoms with van der Waals surface area (Å²) in [4.78, 5) is 21.8. The fourth-order valence-corrected chi connectivity index (χ4v) is 1.94. The molecular weight excluding hydrogens is 208 g/mol. The number of amides is 2. The first-order valence-electron chi connectivity index (χ1n) is 5.84. The van der Waals surface area contributed by atoms with Crippen molar-refractivity contribution in [3.63, 3.8) is 0 Å². The zero-order valence-corrected chi connectivity index (χ0v) is 9.66. The Morgan fingerprint density at radius 2 is 2.00 bits per heavy atom. The fourth-order valence-electron chi connectivity index (χ4n) is 1.94. The lowest BCUT2D eigenvalue weighted by Crippen LogP contribution is -2.42. The standard InChI is InChI=1S/C11H20N2O3/c1-8(6-10(14)15)7-12-11(16)13-9-4-2-3-5-9/h8-9H,2-7H2,1H3,(H,14,15)(H2,12,13,16). The van der Waals surface area contributed by atoms with E-state index in [4.69, 9.17) is 5.11 Å². The zero-order valence-electron chi connectivity index (χ0n) is 9.66. The van der Waals surface area contributed by atoms with E-state index in [-0.39, 0.29) is 18.4 Å². The highest BCUT2D eigenvalue weighted by molar-refractivity contribution is 5.74. The predicted molar refractivity (Wildman–Crippen MR) is 60.2 cm³/mol. The second kappa shape index (κ2) is 6.35. The highest BCUT2D eigenvalue weighted by Crippen LogP contribution is 2.17. The van der Waals surface area contributed by atoms with Crippen LogP contribution in [0.2, 0.25) is 0 Å². The normalized spacial score (nSPS) is 18.1. The summed E-state index contributed by atoms with van der Waals surface area (Å²) < 4.78 is 0. The van der Waals surface area contributed by atoms with Crippen molar-refractivity contribution < 1.29 is 14.7 Å². The van der Waals surface area contributed by atoms with Gasteiger partial charge in [0.1, 0.15) is 0 Å². The molecule has 2 amide bonds. The van der Waals surface area contributed by atoms with Gasteiger partial charge in [-0.3, -0.25) is 4.79 Å². The van der Waals surface area contributed by atoms with E-state index in [9.17, 15) is 9.59 Å². The third-order valence-electron chi connectivity index (χ3n) is 2.82. The molecule has 0 aromatic heterocycles. The van der Waals surface area contributed by atoms with E-state index in [2.05, 4.69) is 10.6 Å². The Morgan fingerprint density at radius 1 is 1.38 bits per heavy atom. The lowest BCUT2D eigenvalue weighted by molar-refractivity contribution is -0.137. The monoisotopic (exact) mass is 228 g/mol. The molecule has 0 aromatic rings. The van der Waals surface area contributed by atoms with Gasteiger partial charge in [-0.05, 0) is 18.8 Å². The van der Waals surface area contributed by atoms with Gasteiger partial charge < -0.3 is 15.7 Å². The van der Waals surface area contributed by atoms with Crippen LogP contribution < -0.4 is 10.6 Å². The average molecular weight is 228 g/mol. The largest absolute Gasteiger partial charge is 0.481 e. The summed E-state index contributed by atoms with van der Waals surface area (Å²) in [6.45, 7) is 2.22. The maximum Gasteiger partial charge on any atom is 0.315 e. The van der Waals surface area contributed by atoms with Gasteiger partial charge >= 0.3 is 12.0 Å². The number of urea groups is 1. The minimum absolute atomic E-state index is 0.0353. The highest BCUT2D eigenvalue weighted by atomic mass is 16.4. The van der Waals surface area contributed by atoms with Crippen LogP contribution in [0.4, 0.5) is 4.79 Å². The fraction of sp³-hybridized carbons (Fsp3) is 0.818. The molecule has 0 aromatic carbocycles. The third-order valence-corrected chi connectivity index (χ3v) is 2.82. The quantitative estimate of drug-likeness (QED) is 0.664. The molecule has 0 radical (unpaired) electrons. The highest BCUT2D eigenvalue weighted by Gasteiger charge is 2.17. The van der Waals surface area contributed by atoms with E-state index >= 15 is 0 Å². The first kappa shape index (κ1) is 12.8. The molecule has 5 heteroatoms. The van der Waals surface area contributed by atoms with Crippen LogP contribution in [0.1, 0.15) is 39.0 Å². The Kier molecular flexibility index (Phi) is 5.08. The Labute approximate surface area is 95.6 Å². The number of nitrogens with one attached hydrogen (secondary N) is 2. The topological polar surface area (TPSA) is 78.4 Å². The molecular formula is C11H20N2O3. The summed E-state index contributed by atoms with van der Waals surface area (Å²) >= 11 is 0. The van der Waals surface area contributed by atoms with Gasteiger partial charge in [0.25, 0.3) is 0 Å². The SMILES string of the molecule is CC(CNC(=O)NC1CCCC1)CC(=O)O. The van der Waals surface area contributed by atoms with Crippen molar-refractivity contribution in [2.45, 2.75) is 45.1 Å². The number of carbonyl (C=O) groups excluding carboxylic acids is 1. The lowest BCUT2D eigenvalue weighted by atomic mass is 10.1. The van der Waals surface area contributed by atoms with Gasteiger partial charge in [0.05, 0.1) is 0 Å². The zero-order chi connectivity index (χ0) is 12.0. The van der Waals surface area contributed by atoms with Gasteiger partial charge in [0.2, 0.25) is 0 Å². The van der Waals surface area contributed by atoms with Crippen molar-refractivity contribution in [1.29, 1.82) is 0 Å². The molecule has 0 aliphatic heterocycles. The molecule has 1 aliphatic rings. The van der Waals surface area contributed by atoms with Crippen LogP contribution >= 0.6 is 0 Å². The van der Waals surface area contributed by atoms with Crippen LogP contribution in [0, 0.1) is 5.92 Å². The van der Waals surface area contributed by atoms with E-state index in [1.807, 2.05) is 6.92 Å². The third kappa shape index (κ3) is 5.00. The number of carboxylic acids is 1. The van der Waals surface area contributed by atoms with Crippen molar-refractivity contribution in [2.75, 3.05) is 6.54 Å². The summed E-state index contributed by atoms with van der Waals surface area (Å²) in [6, 6.07) is 0.124. The summed E-state index contributed by atoms with van der Waals surface area (Å²) in [5, 5.41) is 14.1. The number of carboxylic acid groups (broad SMARTS) is 1. The Bertz CT molecular complexity index is 250. The molecule has 1 rings (SSSR count). The molecule has 1 saturated carbocycles. The Morgan fingerprint density at radius 3 is 2.56 bits per heavy atom. The van der Waals surface area contributed by atoms with Crippen molar-refractivity contribution in [3.05, 3.63) is 0 Å². The molecule has 1 fully saturated rings. The summed E-state index contributed by atoms with van der Waals surface area (Å²) in [5.41, 5.74) is 0. The Hall–Kier alpha value is -1.26. The molecule has 0 saturated heterocycles. The maximum absolute atomic E-state index is 11.4. The van der Waals surface area contributed by atoms with E-state index < -0.39 is 5.97 Å². The first-order chi connectivity index (χ1) is 7.58. The molecule has 16 heavy (non-hydrogen) atoms. The van der Waals surface area contributed by atoms with Crippen molar-refractivity contribution in [2.24, 2.45) is 5.92 Å². The molecule has 0 heterocycles. The summed E-state index contributed by atoms with van der Waals surface area (Å²) in [6.07, 6.45) is 4.56. The number of hydrogen-bond donors (Lipinski definition) is 3. The summed E-state index contributed by atoms with van der Waals surface area (Å²) in [7, 11) is 0. The van der Waals surface area contributed by atoms with E-state index in [1.165, 1.54) is 12.8 Å². The van der Waals surface area contributed by atoms with E-state index in [0.717, 1.165) is 12.8 Å². The molecule has 5 nitrogen and oxygen atoms in total. The van der Waals surface area contributed by atoms with Gasteiger partial charge in [-0.2, -0.15) is 0 Å². The number of rotatable bonds is 5. The van der Waals surface area contributed by atoms with Crippen LogP contribution in [0.15, 0.2) is 0 Å². The van der Waals surface area contributed by atoms with Crippen LogP contribution in [0.5, 0.6) is 0 Å². The van der Waals surface area contributed by atoms with Crippen molar-refractivity contribution in [3.8, 4) is 0 Å². The van der Waals surface area contributed by atoms with Crippen LogP contribution in [0.25, 0.3) is 0 Å². The summed E-state index contributed by atoms with van der Waals surface area (Å²) in [5.74, 6) is -0.864. The predicted octanol–water partition coefficient (Wildman–Crippen LogP) is 1.34. The molecule has 1 atom stereocenters. The van der Waals surface area contributed by atoms with Gasteiger partial charge in [-0.25, -0.2) is 4.79 Å². The molecule has 0 spiro atoms. The van der Waals surface area contributed by atoms with Gasteiger partial charge in [0.15, 0.2) is 0 Å². The molecule has 1 aliphatic carbocycles. The first-order valence-corrected chi connectivity index (χ1v) is 5.84. The van der Waals surface area contributed by atoms with Crippen LogP contribution in [-0.4, -0.2) is 29.7 Å². The average Bonchev–Trinajstić information content (AvgIpc) is 2.66. The molecule has 92 valence electrons. The van der Waals surface area contributed by atoms with Crippen molar-refractivity contribution >= 4 is 12.0 Å². The van der Waals surface area contributed by atoms with E-state index in [1.54, 1.807) is 0 Å². The minimum atomic E-state index is -0.828. The second-order valence-corrected chi connectivity index (χ2v) is 4.54. The van der Waals surface area contributed by atoms with E-state index in [0.29, 0.717) is 12.6 Å². The molecule has 3 N–H and O–H groups in total. The van der Waals surface area contributed by atoms with Gasteiger partial charge in [0, 0.05) is 19.0 Å². The van der Waals surface area contributed by atoms with Crippen LogP contribution in [0.3, 0.4) is 0 Å². The van der Waals surface area contributed by atoms with Crippen molar-refractivity contribution in [1.82, 2.24) is 10.6 Å². The minimum Gasteiger partial charge on any atom is -0.481 e. The molecule has 1 unspecified atom stereocenters. The maximum atomic E-state index is 11.4. The lowest BCUT2D eigenvalue weighted by Gasteiger charge is -2.14.